The number of pyridine rings is 1. The highest BCUT2D eigenvalue weighted by atomic mass is 32.1. The third-order valence-corrected chi connectivity index (χ3v) is 7.47. The molecule has 0 unspecified atom stereocenters. The summed E-state index contributed by atoms with van der Waals surface area (Å²) in [6.07, 6.45) is 9.10. The van der Waals surface area contributed by atoms with E-state index in [9.17, 15) is 9.59 Å². The fourth-order valence-corrected chi connectivity index (χ4v) is 5.30. The van der Waals surface area contributed by atoms with Crippen LogP contribution in [0.1, 0.15) is 50.6 Å². The average Bonchev–Trinajstić information content (AvgIpc) is 3.46. The van der Waals surface area contributed by atoms with Gasteiger partial charge in [-0.05, 0) is 72.9 Å². The van der Waals surface area contributed by atoms with Gasteiger partial charge in [0.05, 0.1) is 17.6 Å². The maximum Gasteiger partial charge on any atom is 0.261 e. The molecule has 5 aromatic rings. The van der Waals surface area contributed by atoms with E-state index < -0.39 is 0 Å². The average molecular weight is 549 g/mol. The zero-order valence-electron chi connectivity index (χ0n) is 22.8. The Labute approximate surface area is 238 Å². The van der Waals surface area contributed by atoms with Gasteiger partial charge in [0.2, 0.25) is 0 Å². The highest BCUT2D eigenvalue weighted by Crippen LogP contribution is 2.17. The summed E-state index contributed by atoms with van der Waals surface area (Å²) in [5, 5.41) is 2.95. The van der Waals surface area contributed by atoms with Gasteiger partial charge in [0, 0.05) is 42.0 Å². The molecule has 3 aromatic heterocycles. The number of hydrogen-bond donors (Lipinski definition) is 0. The number of aromatic nitrogens is 3. The predicted molar refractivity (Wildman–Crippen MR) is 163 cm³/mol. The summed E-state index contributed by atoms with van der Waals surface area (Å²) in [7, 11) is 4.13. The van der Waals surface area contributed by atoms with E-state index in [1.54, 1.807) is 34.2 Å². The van der Waals surface area contributed by atoms with Gasteiger partial charge in [-0.25, -0.2) is 9.97 Å². The van der Waals surface area contributed by atoms with Gasteiger partial charge >= 0.3 is 0 Å². The SMILES string of the molecule is CN(C)Cc1ccc(Cc2ncc3cc(/C=C/CCC(=O)c4cccn(Cc5cccs5)c4=O)ccc3n2)cc1. The molecular formula is C33H32N4O2S. The first-order valence-corrected chi connectivity index (χ1v) is 14.2. The van der Waals surface area contributed by atoms with Crippen molar-refractivity contribution in [2.75, 3.05) is 14.1 Å². The van der Waals surface area contributed by atoms with Crippen molar-refractivity contribution in [3.8, 4) is 0 Å². The Kier molecular flexibility index (Phi) is 8.74. The van der Waals surface area contributed by atoms with Crippen LogP contribution in [0.2, 0.25) is 0 Å². The molecule has 0 atom stereocenters. The molecule has 0 radical (unpaired) electrons. The molecule has 0 bridgehead atoms. The molecule has 6 nitrogen and oxygen atoms in total. The van der Waals surface area contributed by atoms with Crippen molar-refractivity contribution in [2.24, 2.45) is 0 Å². The van der Waals surface area contributed by atoms with Crippen LogP contribution in [0, 0.1) is 0 Å². The number of hydrogen-bond acceptors (Lipinski definition) is 6. The van der Waals surface area contributed by atoms with Crippen molar-refractivity contribution in [1.29, 1.82) is 0 Å². The Bertz CT molecular complexity index is 1690. The summed E-state index contributed by atoms with van der Waals surface area (Å²) < 4.78 is 1.60. The van der Waals surface area contributed by atoms with E-state index in [1.165, 1.54) is 11.1 Å². The summed E-state index contributed by atoms with van der Waals surface area (Å²) in [5.41, 5.74) is 4.41. The number of carbonyl (C=O) groups is 1. The van der Waals surface area contributed by atoms with Gasteiger partial charge < -0.3 is 9.47 Å². The van der Waals surface area contributed by atoms with Gasteiger partial charge in [0.1, 0.15) is 5.82 Å². The van der Waals surface area contributed by atoms with Crippen molar-refractivity contribution in [2.45, 2.75) is 32.4 Å². The molecule has 0 saturated heterocycles. The van der Waals surface area contributed by atoms with Crippen LogP contribution in [-0.2, 0) is 19.5 Å². The Morgan fingerprint density at radius 3 is 2.62 bits per heavy atom. The molecule has 0 N–H and O–H groups in total. The van der Waals surface area contributed by atoms with Crippen LogP contribution in [0.4, 0.5) is 0 Å². The Morgan fingerprint density at radius 2 is 1.85 bits per heavy atom. The third-order valence-electron chi connectivity index (χ3n) is 6.61. The summed E-state index contributed by atoms with van der Waals surface area (Å²) >= 11 is 1.60. The summed E-state index contributed by atoms with van der Waals surface area (Å²) in [6, 6.07) is 22.0. The number of rotatable bonds is 11. The fourth-order valence-electron chi connectivity index (χ4n) is 4.60. The lowest BCUT2D eigenvalue weighted by Gasteiger charge is -2.10. The standard InChI is InChI=1S/C33H32N4O2S/c1-36(2)22-26-13-11-25(12-14-26)20-32-34-21-27-19-24(15-16-30(27)35-32)7-3-4-10-31(38)29-9-5-17-37(33(29)39)23-28-8-6-18-40-28/h3,5-9,11-19,21H,4,10,20,22-23H2,1-2H3/b7-3+. The summed E-state index contributed by atoms with van der Waals surface area (Å²) in [5.74, 6) is 0.659. The molecule has 5 rings (SSSR count). The van der Waals surface area contributed by atoms with E-state index in [0.717, 1.165) is 33.7 Å². The van der Waals surface area contributed by atoms with Crippen LogP contribution in [0.15, 0.2) is 95.4 Å². The number of fused-ring (bicyclic) bond motifs is 1. The Hall–Kier alpha value is -4.20. The zero-order chi connectivity index (χ0) is 27.9. The first-order valence-electron chi connectivity index (χ1n) is 13.3. The van der Waals surface area contributed by atoms with Crippen LogP contribution in [0.3, 0.4) is 0 Å². The van der Waals surface area contributed by atoms with Crippen LogP contribution < -0.4 is 5.56 Å². The molecule has 0 amide bonds. The van der Waals surface area contributed by atoms with E-state index in [4.69, 9.17) is 4.98 Å². The molecule has 202 valence electrons. The van der Waals surface area contributed by atoms with E-state index >= 15 is 0 Å². The molecule has 40 heavy (non-hydrogen) atoms. The van der Waals surface area contributed by atoms with Gasteiger partial charge in [-0.15, -0.1) is 11.3 Å². The van der Waals surface area contributed by atoms with Crippen LogP contribution >= 0.6 is 11.3 Å². The minimum absolute atomic E-state index is 0.137. The normalized spacial score (nSPS) is 11.6. The first kappa shape index (κ1) is 27.4. The van der Waals surface area contributed by atoms with Gasteiger partial charge in [0.15, 0.2) is 5.78 Å². The lowest BCUT2D eigenvalue weighted by Crippen LogP contribution is -2.25. The highest BCUT2D eigenvalue weighted by Gasteiger charge is 2.12. The highest BCUT2D eigenvalue weighted by molar-refractivity contribution is 7.09. The molecule has 7 heteroatoms. The molecule has 0 saturated carbocycles. The van der Waals surface area contributed by atoms with E-state index in [-0.39, 0.29) is 23.3 Å². The molecule has 2 aromatic carbocycles. The van der Waals surface area contributed by atoms with Crippen molar-refractivity contribution < 1.29 is 4.79 Å². The number of carbonyl (C=O) groups excluding carboxylic acids is 1. The lowest BCUT2D eigenvalue weighted by atomic mass is 10.1. The lowest BCUT2D eigenvalue weighted by molar-refractivity contribution is 0.0981. The minimum atomic E-state index is -0.236. The predicted octanol–water partition coefficient (Wildman–Crippen LogP) is 6.23. The molecule has 0 fully saturated rings. The van der Waals surface area contributed by atoms with Gasteiger partial charge in [-0.1, -0.05) is 48.6 Å². The van der Waals surface area contributed by atoms with E-state index in [2.05, 4.69) is 48.2 Å². The van der Waals surface area contributed by atoms with Crippen molar-refractivity contribution >= 4 is 34.1 Å². The number of ketones is 1. The maximum atomic E-state index is 12.8. The Morgan fingerprint density at radius 1 is 1.02 bits per heavy atom. The zero-order valence-corrected chi connectivity index (χ0v) is 23.6. The van der Waals surface area contributed by atoms with Crippen LogP contribution in [-0.4, -0.2) is 39.3 Å². The van der Waals surface area contributed by atoms with Crippen molar-refractivity contribution in [3.05, 3.63) is 134 Å². The summed E-state index contributed by atoms with van der Waals surface area (Å²) in [4.78, 5) is 38.1. The van der Waals surface area contributed by atoms with E-state index in [1.807, 2.05) is 54.1 Å². The Balaban J connectivity index is 1.18. The van der Waals surface area contributed by atoms with Crippen LogP contribution in [0.5, 0.6) is 0 Å². The molecule has 3 heterocycles. The quantitative estimate of drug-likeness (QED) is 0.183. The van der Waals surface area contributed by atoms with E-state index in [0.29, 0.717) is 19.4 Å². The number of benzene rings is 2. The molecule has 0 aliphatic carbocycles. The summed E-state index contributed by atoms with van der Waals surface area (Å²) in [6.45, 7) is 1.40. The number of nitrogens with zero attached hydrogens (tertiary/aromatic N) is 4. The topological polar surface area (TPSA) is 68.1 Å². The van der Waals surface area contributed by atoms with Crippen LogP contribution in [0.25, 0.3) is 17.0 Å². The number of Topliss-reactive ketones (excluding diaryl/α,β-unsaturated/α-hetero) is 1. The van der Waals surface area contributed by atoms with Gasteiger partial charge in [-0.2, -0.15) is 0 Å². The maximum absolute atomic E-state index is 12.8. The molecule has 0 spiro atoms. The molecule has 0 aliphatic heterocycles. The number of allylic oxidation sites excluding steroid dienone is 1. The third kappa shape index (κ3) is 7.05. The van der Waals surface area contributed by atoms with Crippen molar-refractivity contribution in [3.63, 3.8) is 0 Å². The minimum Gasteiger partial charge on any atom is -0.310 e. The molecule has 0 aliphatic rings. The monoisotopic (exact) mass is 548 g/mol. The van der Waals surface area contributed by atoms with Crippen molar-refractivity contribution in [1.82, 2.24) is 19.4 Å². The molecular weight excluding hydrogens is 516 g/mol. The van der Waals surface area contributed by atoms with Gasteiger partial charge in [-0.3, -0.25) is 9.59 Å². The second kappa shape index (κ2) is 12.8. The second-order valence-corrected chi connectivity index (χ2v) is 11.2. The second-order valence-electron chi connectivity index (χ2n) is 10.1. The largest absolute Gasteiger partial charge is 0.310 e. The van der Waals surface area contributed by atoms with Gasteiger partial charge in [0.25, 0.3) is 5.56 Å². The first-order chi connectivity index (χ1) is 19.4. The number of thiophene rings is 1. The fraction of sp³-hybridized carbons (Fsp3) is 0.212. The smallest absolute Gasteiger partial charge is 0.261 e.